The molecule has 2 aromatic rings. The fourth-order valence-corrected chi connectivity index (χ4v) is 4.22. The number of para-hydroxylation sites is 1. The highest BCUT2D eigenvalue weighted by Crippen LogP contribution is 2.45. The standard InChI is InChI=1S/C21H24N2O2/c1-2-25-21(24)22-13-12-20-18(15-22)17-10-6-7-11-19(17)23(20)14-16-8-4-3-5-9-16/h3-11,18,20H,2,12-15H2,1H3/t18-,20-/m0/s1. The third kappa shape index (κ3) is 2.97. The smallest absolute Gasteiger partial charge is 0.409 e. The molecule has 0 spiro atoms. The van der Waals surface area contributed by atoms with Crippen LogP contribution in [0.1, 0.15) is 30.4 Å². The zero-order valence-electron chi connectivity index (χ0n) is 14.6. The number of nitrogens with zero attached hydrogens (tertiary/aromatic N) is 2. The summed E-state index contributed by atoms with van der Waals surface area (Å²) in [4.78, 5) is 16.6. The van der Waals surface area contributed by atoms with Gasteiger partial charge in [-0.15, -0.1) is 0 Å². The lowest BCUT2D eigenvalue weighted by Gasteiger charge is -2.38. The highest BCUT2D eigenvalue weighted by Gasteiger charge is 2.42. The van der Waals surface area contributed by atoms with Crippen LogP contribution in [0.4, 0.5) is 10.5 Å². The number of amides is 1. The van der Waals surface area contributed by atoms with Gasteiger partial charge in [-0.2, -0.15) is 0 Å². The van der Waals surface area contributed by atoms with Crippen LogP contribution in [0.5, 0.6) is 0 Å². The van der Waals surface area contributed by atoms with E-state index in [2.05, 4.69) is 59.5 Å². The van der Waals surface area contributed by atoms with Gasteiger partial charge < -0.3 is 14.5 Å². The summed E-state index contributed by atoms with van der Waals surface area (Å²) >= 11 is 0. The van der Waals surface area contributed by atoms with E-state index in [-0.39, 0.29) is 6.09 Å². The number of fused-ring (bicyclic) bond motifs is 3. The van der Waals surface area contributed by atoms with Crippen molar-refractivity contribution in [2.45, 2.75) is 31.8 Å². The van der Waals surface area contributed by atoms with E-state index in [1.54, 1.807) is 0 Å². The Morgan fingerprint density at radius 2 is 1.88 bits per heavy atom. The number of piperidine rings is 1. The molecule has 1 saturated heterocycles. The Morgan fingerprint density at radius 3 is 2.68 bits per heavy atom. The van der Waals surface area contributed by atoms with E-state index in [0.29, 0.717) is 18.6 Å². The van der Waals surface area contributed by atoms with Crippen LogP contribution in [0.25, 0.3) is 0 Å². The summed E-state index contributed by atoms with van der Waals surface area (Å²) < 4.78 is 5.21. The van der Waals surface area contributed by atoms with Crippen LogP contribution in [0.3, 0.4) is 0 Å². The minimum atomic E-state index is -0.181. The molecule has 2 aliphatic rings. The van der Waals surface area contributed by atoms with Crippen LogP contribution in [-0.4, -0.2) is 36.7 Å². The van der Waals surface area contributed by atoms with E-state index in [4.69, 9.17) is 4.74 Å². The van der Waals surface area contributed by atoms with Gasteiger partial charge in [-0.25, -0.2) is 4.79 Å². The highest BCUT2D eigenvalue weighted by atomic mass is 16.6. The van der Waals surface area contributed by atoms with Gasteiger partial charge in [0.1, 0.15) is 0 Å². The fraction of sp³-hybridized carbons (Fsp3) is 0.381. The van der Waals surface area contributed by atoms with E-state index >= 15 is 0 Å². The molecule has 0 aromatic heterocycles. The van der Waals surface area contributed by atoms with E-state index in [1.807, 2.05) is 11.8 Å². The normalized spacial score (nSPS) is 21.6. The molecule has 0 radical (unpaired) electrons. The van der Waals surface area contributed by atoms with Gasteiger partial charge in [0.25, 0.3) is 0 Å². The van der Waals surface area contributed by atoms with Gasteiger partial charge in [0.15, 0.2) is 0 Å². The lowest BCUT2D eigenvalue weighted by atomic mass is 9.89. The monoisotopic (exact) mass is 336 g/mol. The van der Waals surface area contributed by atoms with E-state index in [9.17, 15) is 4.79 Å². The van der Waals surface area contributed by atoms with Crippen molar-refractivity contribution in [3.63, 3.8) is 0 Å². The Kier molecular flexibility index (Phi) is 4.35. The van der Waals surface area contributed by atoms with Crippen molar-refractivity contribution in [1.29, 1.82) is 0 Å². The first-order chi connectivity index (χ1) is 12.3. The number of anilines is 1. The van der Waals surface area contributed by atoms with Crippen molar-refractivity contribution in [3.05, 3.63) is 65.7 Å². The van der Waals surface area contributed by atoms with Crippen molar-refractivity contribution in [1.82, 2.24) is 4.90 Å². The predicted molar refractivity (Wildman–Crippen MR) is 98.8 cm³/mol. The van der Waals surface area contributed by atoms with Gasteiger partial charge in [0.05, 0.1) is 6.61 Å². The Bertz CT molecular complexity index is 747. The molecule has 0 N–H and O–H groups in total. The number of hydrogen-bond acceptors (Lipinski definition) is 3. The summed E-state index contributed by atoms with van der Waals surface area (Å²) in [7, 11) is 0. The van der Waals surface area contributed by atoms with Gasteiger partial charge in [-0.3, -0.25) is 0 Å². The predicted octanol–water partition coefficient (Wildman–Crippen LogP) is 4.02. The summed E-state index contributed by atoms with van der Waals surface area (Å²) in [6, 6.07) is 19.7. The van der Waals surface area contributed by atoms with Crippen molar-refractivity contribution < 1.29 is 9.53 Å². The molecule has 2 aliphatic heterocycles. The molecule has 25 heavy (non-hydrogen) atoms. The zero-order chi connectivity index (χ0) is 17.2. The number of rotatable bonds is 3. The topological polar surface area (TPSA) is 32.8 Å². The average molecular weight is 336 g/mol. The van der Waals surface area contributed by atoms with Crippen LogP contribution in [0.15, 0.2) is 54.6 Å². The Hall–Kier alpha value is -2.49. The van der Waals surface area contributed by atoms with Crippen molar-refractivity contribution in [2.75, 3.05) is 24.6 Å². The molecule has 0 saturated carbocycles. The number of carbonyl (C=O) groups excluding carboxylic acids is 1. The third-order valence-corrected chi connectivity index (χ3v) is 5.34. The van der Waals surface area contributed by atoms with Gasteiger partial charge in [0, 0.05) is 37.3 Å². The molecule has 2 aromatic carbocycles. The van der Waals surface area contributed by atoms with Crippen LogP contribution < -0.4 is 4.90 Å². The van der Waals surface area contributed by atoms with Crippen LogP contribution >= 0.6 is 0 Å². The van der Waals surface area contributed by atoms with Crippen LogP contribution in [-0.2, 0) is 11.3 Å². The Labute approximate surface area is 149 Å². The van der Waals surface area contributed by atoms with Gasteiger partial charge in [0.2, 0.25) is 0 Å². The molecule has 2 heterocycles. The minimum absolute atomic E-state index is 0.181. The number of ether oxygens (including phenoxy) is 1. The molecule has 1 fully saturated rings. The average Bonchev–Trinajstić information content (AvgIpc) is 2.96. The number of hydrogen-bond donors (Lipinski definition) is 0. The van der Waals surface area contributed by atoms with Gasteiger partial charge >= 0.3 is 6.09 Å². The molecular formula is C21H24N2O2. The lowest BCUT2D eigenvalue weighted by molar-refractivity contribution is 0.0933. The molecule has 130 valence electrons. The summed E-state index contributed by atoms with van der Waals surface area (Å²) in [5, 5.41) is 0. The van der Waals surface area contributed by atoms with E-state index in [1.165, 1.54) is 16.8 Å². The maximum atomic E-state index is 12.2. The Morgan fingerprint density at radius 1 is 1.12 bits per heavy atom. The highest BCUT2D eigenvalue weighted by molar-refractivity contribution is 5.69. The number of benzene rings is 2. The van der Waals surface area contributed by atoms with Crippen molar-refractivity contribution >= 4 is 11.8 Å². The molecular weight excluding hydrogens is 312 g/mol. The van der Waals surface area contributed by atoms with E-state index < -0.39 is 0 Å². The first kappa shape index (κ1) is 16.0. The van der Waals surface area contributed by atoms with Gasteiger partial charge in [-0.1, -0.05) is 48.5 Å². The van der Waals surface area contributed by atoms with Crippen molar-refractivity contribution in [3.8, 4) is 0 Å². The summed E-state index contributed by atoms with van der Waals surface area (Å²) in [6.07, 6.45) is 0.797. The second kappa shape index (κ2) is 6.79. The minimum Gasteiger partial charge on any atom is -0.450 e. The molecule has 4 heteroatoms. The lowest BCUT2D eigenvalue weighted by Crippen LogP contribution is -2.48. The molecule has 0 bridgehead atoms. The summed E-state index contributed by atoms with van der Waals surface area (Å²) in [5.74, 6) is 0.359. The maximum absolute atomic E-state index is 12.2. The first-order valence-corrected chi connectivity index (χ1v) is 9.09. The SMILES string of the molecule is CCOC(=O)N1CC[C@H]2[C@@H](C1)c1ccccc1N2Cc1ccccc1. The first-order valence-electron chi connectivity index (χ1n) is 9.09. The molecule has 4 rings (SSSR count). The maximum Gasteiger partial charge on any atom is 0.409 e. The second-order valence-corrected chi connectivity index (χ2v) is 6.78. The van der Waals surface area contributed by atoms with Gasteiger partial charge in [-0.05, 0) is 30.5 Å². The molecule has 1 amide bonds. The quantitative estimate of drug-likeness (QED) is 0.849. The van der Waals surface area contributed by atoms with Crippen LogP contribution in [0, 0.1) is 0 Å². The number of likely N-dealkylation sites (tertiary alicyclic amines) is 1. The largest absolute Gasteiger partial charge is 0.450 e. The van der Waals surface area contributed by atoms with E-state index in [0.717, 1.165) is 26.1 Å². The third-order valence-electron chi connectivity index (χ3n) is 5.34. The molecule has 0 unspecified atom stereocenters. The summed E-state index contributed by atoms with van der Waals surface area (Å²) in [5.41, 5.74) is 4.00. The Balaban J connectivity index is 1.60. The summed E-state index contributed by atoms with van der Waals surface area (Å²) in [6.45, 7) is 4.71. The van der Waals surface area contributed by atoms with Crippen LogP contribution in [0.2, 0.25) is 0 Å². The molecule has 4 nitrogen and oxygen atoms in total. The van der Waals surface area contributed by atoms with Crippen molar-refractivity contribution in [2.24, 2.45) is 0 Å². The molecule has 0 aliphatic carbocycles. The number of carbonyl (C=O) groups is 1. The zero-order valence-corrected chi connectivity index (χ0v) is 14.6. The second-order valence-electron chi connectivity index (χ2n) is 6.78. The molecule has 2 atom stereocenters. The fourth-order valence-electron chi connectivity index (χ4n) is 4.22.